The Bertz CT molecular complexity index is 781. The number of furan rings is 1. The van der Waals surface area contributed by atoms with E-state index >= 15 is 0 Å². The van der Waals surface area contributed by atoms with Crippen LogP contribution in [0.4, 0.5) is 18.9 Å². The number of amides is 2. The van der Waals surface area contributed by atoms with Crippen LogP contribution in [0.2, 0.25) is 0 Å². The summed E-state index contributed by atoms with van der Waals surface area (Å²) in [6.45, 7) is 1.59. The second-order valence-corrected chi connectivity index (χ2v) is 5.66. The maximum absolute atomic E-state index is 13.5. The molecule has 0 fully saturated rings. The Morgan fingerprint density at radius 1 is 1.19 bits per heavy atom. The summed E-state index contributed by atoms with van der Waals surface area (Å²) in [6.07, 6.45) is 1.52. The number of nitrogens with zero attached hydrogens (tertiary/aromatic N) is 1. The van der Waals surface area contributed by atoms with Crippen molar-refractivity contribution in [1.29, 1.82) is 0 Å². The monoisotopic (exact) mass is 369 g/mol. The van der Waals surface area contributed by atoms with Gasteiger partial charge in [0.05, 0.1) is 31.1 Å². The van der Waals surface area contributed by atoms with Gasteiger partial charge in [0.1, 0.15) is 5.76 Å². The van der Waals surface area contributed by atoms with E-state index in [1.807, 2.05) is 0 Å². The number of nitrogens with one attached hydrogen (secondary N) is 2. The van der Waals surface area contributed by atoms with E-state index in [0.717, 1.165) is 6.07 Å². The number of anilines is 1. The molecule has 1 aromatic heterocycles. The molecule has 0 aliphatic rings. The van der Waals surface area contributed by atoms with Gasteiger partial charge in [0.2, 0.25) is 11.8 Å². The zero-order valence-corrected chi connectivity index (χ0v) is 14.2. The van der Waals surface area contributed by atoms with Crippen molar-refractivity contribution in [3.05, 3.63) is 53.7 Å². The number of carbonyl (C=O) groups excluding carboxylic acids is 2. The molecule has 1 atom stereocenters. The lowest BCUT2D eigenvalue weighted by molar-refractivity contribution is -0.127. The molecule has 6 nitrogen and oxygen atoms in total. The molecule has 0 radical (unpaired) electrons. The molecule has 0 bridgehead atoms. The summed E-state index contributed by atoms with van der Waals surface area (Å²) in [5.74, 6) is -5.07. The lowest BCUT2D eigenvalue weighted by atomic mass is 10.2. The molecule has 9 heteroatoms. The third-order valence-electron chi connectivity index (χ3n) is 3.76. The van der Waals surface area contributed by atoms with Gasteiger partial charge in [-0.15, -0.1) is 0 Å². The van der Waals surface area contributed by atoms with Crippen LogP contribution < -0.4 is 10.6 Å². The molecule has 0 unspecified atom stereocenters. The zero-order chi connectivity index (χ0) is 19.3. The summed E-state index contributed by atoms with van der Waals surface area (Å²) in [7, 11) is 1.71. The van der Waals surface area contributed by atoms with Crippen molar-refractivity contribution in [2.45, 2.75) is 19.5 Å². The fraction of sp³-hybridized carbons (Fsp3) is 0.294. The minimum Gasteiger partial charge on any atom is -0.468 e. The molecular weight excluding hydrogens is 351 g/mol. The largest absolute Gasteiger partial charge is 0.468 e. The smallest absolute Gasteiger partial charge is 0.243 e. The van der Waals surface area contributed by atoms with E-state index in [1.54, 1.807) is 31.0 Å². The Morgan fingerprint density at radius 2 is 1.92 bits per heavy atom. The molecule has 140 valence electrons. The van der Waals surface area contributed by atoms with E-state index in [4.69, 9.17) is 4.42 Å². The number of halogens is 3. The number of rotatable bonds is 7. The van der Waals surface area contributed by atoms with E-state index in [0.29, 0.717) is 18.4 Å². The summed E-state index contributed by atoms with van der Waals surface area (Å²) >= 11 is 0. The van der Waals surface area contributed by atoms with Crippen LogP contribution in [-0.2, 0) is 16.1 Å². The summed E-state index contributed by atoms with van der Waals surface area (Å²) in [4.78, 5) is 25.6. The molecule has 1 heterocycles. The SMILES string of the molecule is C[C@H](C(=O)NCC(=O)Nc1ccc(F)c(F)c1F)N(C)Cc1ccco1. The van der Waals surface area contributed by atoms with Gasteiger partial charge in [0, 0.05) is 0 Å². The zero-order valence-electron chi connectivity index (χ0n) is 14.2. The standard InChI is InChI=1S/C17H18F3N3O3/c1-10(23(2)9-11-4-3-7-26-11)17(25)21-8-14(24)22-13-6-5-12(18)15(19)16(13)20/h3-7,10H,8-9H2,1-2H3,(H,21,25)(H,22,24)/t10-/m1/s1. The van der Waals surface area contributed by atoms with Crippen LogP contribution in [0.1, 0.15) is 12.7 Å². The summed E-state index contributed by atoms with van der Waals surface area (Å²) in [6, 6.07) is 4.53. The molecule has 0 aliphatic carbocycles. The van der Waals surface area contributed by atoms with E-state index in [-0.39, 0.29) is 0 Å². The fourth-order valence-electron chi connectivity index (χ4n) is 2.12. The molecule has 2 aromatic rings. The molecule has 2 rings (SSSR count). The van der Waals surface area contributed by atoms with Gasteiger partial charge < -0.3 is 15.1 Å². The molecule has 2 amide bonds. The summed E-state index contributed by atoms with van der Waals surface area (Å²) in [5.41, 5.74) is -0.508. The lowest BCUT2D eigenvalue weighted by Gasteiger charge is -2.22. The topological polar surface area (TPSA) is 74.6 Å². The van der Waals surface area contributed by atoms with Gasteiger partial charge in [-0.1, -0.05) is 0 Å². The quantitative estimate of drug-likeness (QED) is 0.735. The first-order valence-corrected chi connectivity index (χ1v) is 7.73. The van der Waals surface area contributed by atoms with Crippen molar-refractivity contribution in [1.82, 2.24) is 10.2 Å². The van der Waals surface area contributed by atoms with Crippen molar-refractivity contribution in [3.63, 3.8) is 0 Å². The van der Waals surface area contributed by atoms with Crippen LogP contribution in [-0.4, -0.2) is 36.3 Å². The Balaban J connectivity index is 1.84. The normalized spacial score (nSPS) is 12.1. The van der Waals surface area contributed by atoms with Gasteiger partial charge in [-0.25, -0.2) is 13.2 Å². The molecular formula is C17H18F3N3O3. The van der Waals surface area contributed by atoms with Gasteiger partial charge in [0.15, 0.2) is 17.5 Å². The van der Waals surface area contributed by atoms with Gasteiger partial charge in [0.25, 0.3) is 0 Å². The highest BCUT2D eigenvalue weighted by Crippen LogP contribution is 2.19. The first-order valence-electron chi connectivity index (χ1n) is 7.73. The van der Waals surface area contributed by atoms with E-state index in [2.05, 4.69) is 10.6 Å². The minimum atomic E-state index is -1.68. The number of hydrogen-bond acceptors (Lipinski definition) is 4. The predicted molar refractivity (Wildman–Crippen MR) is 87.6 cm³/mol. The van der Waals surface area contributed by atoms with Crippen molar-refractivity contribution < 1.29 is 27.2 Å². The van der Waals surface area contributed by atoms with Crippen LogP contribution in [0.25, 0.3) is 0 Å². The maximum atomic E-state index is 13.5. The highest BCUT2D eigenvalue weighted by Gasteiger charge is 2.20. The lowest BCUT2D eigenvalue weighted by Crippen LogP contribution is -2.45. The van der Waals surface area contributed by atoms with Crippen molar-refractivity contribution in [2.24, 2.45) is 0 Å². The number of carbonyl (C=O) groups is 2. The Morgan fingerprint density at radius 3 is 2.58 bits per heavy atom. The number of likely N-dealkylation sites (N-methyl/N-ethyl adjacent to an activating group) is 1. The van der Waals surface area contributed by atoms with E-state index < -0.39 is 47.5 Å². The van der Waals surface area contributed by atoms with Crippen LogP contribution in [0.5, 0.6) is 0 Å². The third-order valence-corrected chi connectivity index (χ3v) is 3.76. The number of hydrogen-bond donors (Lipinski definition) is 2. The summed E-state index contributed by atoms with van der Waals surface area (Å²) in [5, 5.41) is 4.47. The van der Waals surface area contributed by atoms with Gasteiger partial charge in [-0.3, -0.25) is 14.5 Å². The van der Waals surface area contributed by atoms with E-state index in [1.165, 1.54) is 6.26 Å². The van der Waals surface area contributed by atoms with Crippen molar-refractivity contribution >= 4 is 17.5 Å². The Kier molecular flexibility index (Phi) is 6.40. The maximum Gasteiger partial charge on any atom is 0.243 e. The minimum absolute atomic E-state index is 0.397. The molecule has 0 spiro atoms. The van der Waals surface area contributed by atoms with Gasteiger partial charge >= 0.3 is 0 Å². The first-order chi connectivity index (χ1) is 12.3. The van der Waals surface area contributed by atoms with E-state index in [9.17, 15) is 22.8 Å². The average Bonchev–Trinajstić information content (AvgIpc) is 3.12. The fourth-order valence-corrected chi connectivity index (χ4v) is 2.12. The number of benzene rings is 1. The van der Waals surface area contributed by atoms with Crippen LogP contribution >= 0.6 is 0 Å². The molecule has 2 N–H and O–H groups in total. The molecule has 0 aliphatic heterocycles. The van der Waals surface area contributed by atoms with Gasteiger partial charge in [-0.2, -0.15) is 0 Å². The first kappa shape index (κ1) is 19.5. The van der Waals surface area contributed by atoms with Crippen LogP contribution in [0, 0.1) is 17.5 Å². The second-order valence-electron chi connectivity index (χ2n) is 5.66. The molecule has 1 aromatic carbocycles. The van der Waals surface area contributed by atoms with Crippen LogP contribution in [0.3, 0.4) is 0 Å². The predicted octanol–water partition coefficient (Wildman–Crippen LogP) is 2.27. The van der Waals surface area contributed by atoms with Crippen LogP contribution in [0.15, 0.2) is 34.9 Å². The highest BCUT2D eigenvalue weighted by atomic mass is 19.2. The molecule has 26 heavy (non-hydrogen) atoms. The summed E-state index contributed by atoms with van der Waals surface area (Å²) < 4.78 is 44.7. The van der Waals surface area contributed by atoms with Gasteiger partial charge in [-0.05, 0) is 38.2 Å². The Labute approximate surface area is 148 Å². The Hall–Kier alpha value is -2.81. The van der Waals surface area contributed by atoms with Crippen molar-refractivity contribution in [2.75, 3.05) is 18.9 Å². The molecule has 0 saturated carbocycles. The van der Waals surface area contributed by atoms with Crippen molar-refractivity contribution in [3.8, 4) is 0 Å². The second kappa shape index (κ2) is 8.52. The highest BCUT2D eigenvalue weighted by molar-refractivity contribution is 5.95. The third kappa shape index (κ3) is 4.85. The average molecular weight is 369 g/mol. The molecule has 0 saturated heterocycles.